The number of ether oxygens (including phenoxy) is 2. The molecule has 2 heterocycles. The van der Waals surface area contributed by atoms with Gasteiger partial charge in [0.15, 0.2) is 0 Å². The van der Waals surface area contributed by atoms with E-state index in [9.17, 15) is 22.5 Å². The highest BCUT2D eigenvalue weighted by Crippen LogP contribution is 2.39. The van der Waals surface area contributed by atoms with Crippen molar-refractivity contribution in [3.63, 3.8) is 0 Å². The van der Waals surface area contributed by atoms with Gasteiger partial charge in [0.2, 0.25) is 5.88 Å². The Morgan fingerprint density at radius 2 is 1.79 bits per heavy atom. The van der Waals surface area contributed by atoms with Crippen molar-refractivity contribution in [3.05, 3.63) is 84.1 Å². The number of methoxy groups -OCH3 is 2. The van der Waals surface area contributed by atoms with Crippen LogP contribution in [0.5, 0.6) is 11.6 Å². The Morgan fingerprint density at radius 3 is 2.48 bits per heavy atom. The van der Waals surface area contributed by atoms with E-state index >= 15 is 0 Å². The van der Waals surface area contributed by atoms with Gasteiger partial charge in [-0.25, -0.2) is 27.2 Å². The Labute approximate surface area is 241 Å². The fourth-order valence-electron chi connectivity index (χ4n) is 4.50. The number of hydrogen-bond donors (Lipinski definition) is 2. The van der Waals surface area contributed by atoms with Crippen molar-refractivity contribution in [2.24, 2.45) is 0 Å². The number of nitrogens with zero attached hydrogens (tertiary/aromatic N) is 3. The molecule has 0 unspecified atom stereocenters. The lowest BCUT2D eigenvalue weighted by molar-refractivity contribution is 0.400. The maximum absolute atomic E-state index is 14.3. The zero-order valence-electron chi connectivity index (χ0n) is 22.1. The molecule has 3 N–H and O–H groups in total. The minimum absolute atomic E-state index is 0.0875. The molecule has 42 heavy (non-hydrogen) atoms. The number of nitrogens with one attached hydrogen (secondary N) is 1. The molecule has 0 aliphatic carbocycles. The molecule has 0 aliphatic heterocycles. The van der Waals surface area contributed by atoms with Crippen LogP contribution >= 0.6 is 0 Å². The van der Waals surface area contributed by atoms with E-state index in [0.717, 1.165) is 12.1 Å². The molecule has 9 nitrogen and oxygen atoms in total. The first-order chi connectivity index (χ1) is 20.1. The second-order valence-corrected chi connectivity index (χ2v) is 10.7. The third kappa shape index (κ3) is 5.15. The topological polar surface area (TPSA) is 140 Å². The van der Waals surface area contributed by atoms with Gasteiger partial charge in [-0.15, -0.1) is 0 Å². The Bertz CT molecular complexity index is 2030. The summed E-state index contributed by atoms with van der Waals surface area (Å²) in [5.41, 5.74) is 9.21. The summed E-state index contributed by atoms with van der Waals surface area (Å²) in [4.78, 5) is 7.92. The summed E-state index contributed by atoms with van der Waals surface area (Å²) in [5, 5.41) is 10.7. The van der Waals surface area contributed by atoms with Crippen molar-refractivity contribution in [2.45, 2.75) is 4.90 Å². The largest absolute Gasteiger partial charge is 0.496 e. The SMILES string of the molecule is [B]c1ccc(-c2c(N)nc3ccc(-c4cnc(OC)c(NS(=O)(=O)c5ccc(F)cc5F)c4)cc3c2C#N)c(OC)c1. The quantitative estimate of drug-likeness (QED) is 0.270. The summed E-state index contributed by atoms with van der Waals surface area (Å²) in [5.74, 6) is -1.75. The molecule has 0 saturated carbocycles. The molecule has 5 rings (SSSR count). The van der Waals surface area contributed by atoms with Crippen LogP contribution in [0.3, 0.4) is 0 Å². The number of nitrogens with two attached hydrogens (primary N) is 1. The van der Waals surface area contributed by atoms with Crippen LogP contribution in [0.15, 0.2) is 71.8 Å². The monoisotopic (exact) mass is 583 g/mol. The van der Waals surface area contributed by atoms with Gasteiger partial charge in [0, 0.05) is 34.3 Å². The number of halogens is 2. The number of nitriles is 1. The van der Waals surface area contributed by atoms with E-state index in [2.05, 4.69) is 20.8 Å². The van der Waals surface area contributed by atoms with Crippen LogP contribution < -0.4 is 25.4 Å². The van der Waals surface area contributed by atoms with Crippen molar-refractivity contribution < 1.29 is 26.7 Å². The van der Waals surface area contributed by atoms with Crippen molar-refractivity contribution in [1.29, 1.82) is 5.26 Å². The number of aromatic nitrogens is 2. The summed E-state index contributed by atoms with van der Waals surface area (Å²) in [6.45, 7) is 0. The number of hydrogen-bond acceptors (Lipinski definition) is 8. The first kappa shape index (κ1) is 28.3. The highest BCUT2D eigenvalue weighted by atomic mass is 32.2. The fraction of sp³-hybridized carbons (Fsp3) is 0.0690. The van der Waals surface area contributed by atoms with E-state index < -0.39 is 26.6 Å². The maximum Gasteiger partial charge on any atom is 0.264 e. The van der Waals surface area contributed by atoms with Gasteiger partial charge in [0.25, 0.3) is 10.0 Å². The third-order valence-electron chi connectivity index (χ3n) is 6.43. The van der Waals surface area contributed by atoms with Crippen LogP contribution in [0, 0.1) is 23.0 Å². The van der Waals surface area contributed by atoms with Crippen LogP contribution in [-0.4, -0.2) is 40.5 Å². The van der Waals surface area contributed by atoms with Gasteiger partial charge in [0.1, 0.15) is 47.7 Å². The molecule has 0 aliphatic rings. The number of anilines is 2. The number of nitrogen functional groups attached to an aromatic ring is 1. The van der Waals surface area contributed by atoms with E-state index in [0.29, 0.717) is 50.4 Å². The molecule has 3 aromatic carbocycles. The molecule has 2 radical (unpaired) electrons. The fourth-order valence-corrected chi connectivity index (χ4v) is 5.61. The lowest BCUT2D eigenvalue weighted by atomic mass is 9.90. The molecule has 13 heteroatoms. The average molecular weight is 583 g/mol. The van der Waals surface area contributed by atoms with Crippen molar-refractivity contribution in [1.82, 2.24) is 9.97 Å². The summed E-state index contributed by atoms with van der Waals surface area (Å²) < 4.78 is 66.5. The lowest BCUT2D eigenvalue weighted by Crippen LogP contribution is -2.15. The minimum atomic E-state index is -4.49. The van der Waals surface area contributed by atoms with Crippen LogP contribution in [0.25, 0.3) is 33.2 Å². The molecule has 0 bridgehead atoms. The van der Waals surface area contributed by atoms with E-state index in [-0.39, 0.29) is 22.9 Å². The Hall–Kier alpha value is -5.22. The van der Waals surface area contributed by atoms with Crippen molar-refractivity contribution in [2.75, 3.05) is 24.7 Å². The van der Waals surface area contributed by atoms with Gasteiger partial charge in [-0.1, -0.05) is 23.7 Å². The Morgan fingerprint density at radius 1 is 1.00 bits per heavy atom. The van der Waals surface area contributed by atoms with Gasteiger partial charge >= 0.3 is 0 Å². The molecule has 208 valence electrons. The molecule has 5 aromatic rings. The number of rotatable bonds is 7. The maximum atomic E-state index is 14.3. The Balaban J connectivity index is 1.64. The van der Waals surface area contributed by atoms with Gasteiger partial charge in [-0.2, -0.15) is 5.26 Å². The van der Waals surface area contributed by atoms with E-state index in [1.165, 1.54) is 26.5 Å². The van der Waals surface area contributed by atoms with Gasteiger partial charge in [-0.3, -0.25) is 4.72 Å². The molecular formula is C29H20BF2N5O4S. The van der Waals surface area contributed by atoms with Crippen LogP contribution in [0.2, 0.25) is 0 Å². The molecule has 0 atom stereocenters. The molecule has 0 spiro atoms. The number of fused-ring (bicyclic) bond motifs is 1. The van der Waals surface area contributed by atoms with Gasteiger partial charge in [0.05, 0.1) is 25.3 Å². The molecule has 0 saturated heterocycles. The summed E-state index contributed by atoms with van der Waals surface area (Å²) in [6.07, 6.45) is 1.44. The van der Waals surface area contributed by atoms with E-state index in [1.54, 1.807) is 36.4 Å². The average Bonchev–Trinajstić information content (AvgIpc) is 2.96. The highest BCUT2D eigenvalue weighted by Gasteiger charge is 2.23. The normalized spacial score (nSPS) is 11.2. The standard InChI is InChI=1S/C29H20BF2N5O4S/c1-40-25-11-17(30)4-6-19(25)27-21(13-33)20-9-15(3-7-23(20)36-28(27)34)16-10-24(29(41-2)35-14-16)37-42(38,39)26-8-5-18(31)12-22(26)32/h3-12,14,37H,1-2H3,(H2,34,36). The lowest BCUT2D eigenvalue weighted by Gasteiger charge is -2.16. The highest BCUT2D eigenvalue weighted by molar-refractivity contribution is 7.92. The van der Waals surface area contributed by atoms with E-state index in [4.69, 9.17) is 23.1 Å². The van der Waals surface area contributed by atoms with E-state index in [1.807, 2.05) is 0 Å². The predicted molar refractivity (Wildman–Crippen MR) is 155 cm³/mol. The van der Waals surface area contributed by atoms with Crippen LogP contribution in [0.1, 0.15) is 5.56 Å². The molecule has 2 aromatic heterocycles. The van der Waals surface area contributed by atoms with Crippen LogP contribution in [0.4, 0.5) is 20.3 Å². The summed E-state index contributed by atoms with van der Waals surface area (Å²) in [6, 6.07) is 15.8. The number of benzene rings is 3. The zero-order chi connectivity index (χ0) is 30.2. The molecule has 0 amide bonds. The first-order valence-corrected chi connectivity index (χ1v) is 13.6. The van der Waals surface area contributed by atoms with Gasteiger partial charge < -0.3 is 15.2 Å². The molecular weight excluding hydrogens is 563 g/mol. The summed E-state index contributed by atoms with van der Waals surface area (Å²) >= 11 is 0. The number of sulfonamides is 1. The number of pyridine rings is 2. The van der Waals surface area contributed by atoms with Crippen LogP contribution in [-0.2, 0) is 10.0 Å². The second-order valence-electron chi connectivity index (χ2n) is 9.01. The van der Waals surface area contributed by atoms with Crippen molar-refractivity contribution in [3.8, 4) is 40.0 Å². The van der Waals surface area contributed by atoms with Gasteiger partial charge in [-0.05, 0) is 42.0 Å². The van der Waals surface area contributed by atoms with Crippen molar-refractivity contribution >= 4 is 45.7 Å². The minimum Gasteiger partial charge on any atom is -0.496 e. The predicted octanol–water partition coefficient (Wildman–Crippen LogP) is 4.31. The second kappa shape index (κ2) is 11.0. The summed E-state index contributed by atoms with van der Waals surface area (Å²) in [7, 11) is 4.17. The molecule has 0 fully saturated rings. The third-order valence-corrected chi connectivity index (χ3v) is 7.82. The first-order valence-electron chi connectivity index (χ1n) is 12.2. The smallest absolute Gasteiger partial charge is 0.264 e. The Kier molecular flexibility index (Phi) is 7.41. The zero-order valence-corrected chi connectivity index (χ0v) is 23.0.